The van der Waals surface area contributed by atoms with Crippen LogP contribution in [0.15, 0.2) is 54.6 Å². The van der Waals surface area contributed by atoms with Crippen LogP contribution in [0.3, 0.4) is 0 Å². The number of rotatable bonds is 5. The zero-order chi connectivity index (χ0) is 22.3. The maximum atomic E-state index is 13.8. The molecule has 1 aromatic heterocycles. The molecule has 0 spiro atoms. The van der Waals surface area contributed by atoms with E-state index in [0.29, 0.717) is 18.8 Å². The van der Waals surface area contributed by atoms with Crippen molar-refractivity contribution < 1.29 is 14.3 Å². The van der Waals surface area contributed by atoms with Crippen LogP contribution < -0.4 is 10.1 Å². The Morgan fingerprint density at radius 3 is 2.69 bits per heavy atom. The van der Waals surface area contributed by atoms with Gasteiger partial charge in [-0.1, -0.05) is 43.2 Å². The molecule has 1 unspecified atom stereocenters. The molecular weight excluding hydrogens is 402 g/mol. The second kappa shape index (κ2) is 8.01. The molecule has 0 radical (unpaired) electrons. The minimum atomic E-state index is -1.00. The zero-order valence-corrected chi connectivity index (χ0v) is 18.6. The molecule has 5 rings (SSSR count). The normalized spacial score (nSPS) is 21.1. The first-order valence-electron chi connectivity index (χ1n) is 11.3. The first kappa shape index (κ1) is 20.6. The molecule has 6 heteroatoms. The first-order valence-corrected chi connectivity index (χ1v) is 11.3. The Morgan fingerprint density at radius 1 is 1.12 bits per heavy atom. The summed E-state index contributed by atoms with van der Waals surface area (Å²) in [6.07, 6.45) is 4.29. The van der Waals surface area contributed by atoms with Gasteiger partial charge in [0, 0.05) is 23.5 Å². The predicted molar refractivity (Wildman–Crippen MR) is 124 cm³/mol. The summed E-state index contributed by atoms with van der Waals surface area (Å²) >= 11 is 0. The predicted octanol–water partition coefficient (Wildman–Crippen LogP) is 4.12. The van der Waals surface area contributed by atoms with E-state index in [-0.39, 0.29) is 17.9 Å². The van der Waals surface area contributed by atoms with Gasteiger partial charge in [0.1, 0.15) is 17.0 Å². The standard InChI is InChI=1S/C26H29N3O3/c1-26(25(31)27-20-10-4-5-11-20)17-28-22-13-6-3-9-19(22)15-23(28)24(30)29(26)16-18-8-7-12-21(14-18)32-2/h3,6-9,12-15,20H,4-5,10-11,16-17H2,1-2H3,(H,27,31). The highest BCUT2D eigenvalue weighted by Crippen LogP contribution is 2.34. The van der Waals surface area contributed by atoms with Crippen molar-refractivity contribution in [2.75, 3.05) is 7.11 Å². The Morgan fingerprint density at radius 2 is 1.91 bits per heavy atom. The fraction of sp³-hybridized carbons (Fsp3) is 0.385. The van der Waals surface area contributed by atoms with E-state index >= 15 is 0 Å². The number of nitrogens with one attached hydrogen (secondary N) is 1. The molecule has 2 aromatic carbocycles. The van der Waals surface area contributed by atoms with Crippen LogP contribution in [0.4, 0.5) is 0 Å². The Hall–Kier alpha value is -3.28. The number of carbonyl (C=O) groups excluding carboxylic acids is 2. The van der Waals surface area contributed by atoms with E-state index in [9.17, 15) is 9.59 Å². The lowest BCUT2D eigenvalue weighted by Crippen LogP contribution is -2.64. The molecule has 1 atom stereocenters. The number of aromatic nitrogens is 1. The summed E-state index contributed by atoms with van der Waals surface area (Å²) in [4.78, 5) is 29.2. The van der Waals surface area contributed by atoms with Crippen LogP contribution in [0.5, 0.6) is 5.75 Å². The van der Waals surface area contributed by atoms with Gasteiger partial charge in [-0.25, -0.2) is 0 Å². The highest BCUT2D eigenvalue weighted by atomic mass is 16.5. The number of para-hydroxylation sites is 1. The second-order valence-corrected chi connectivity index (χ2v) is 9.15. The maximum absolute atomic E-state index is 13.8. The molecular formula is C26H29N3O3. The molecule has 2 amide bonds. The number of nitrogens with zero attached hydrogens (tertiary/aromatic N) is 2. The number of amides is 2. The van der Waals surface area contributed by atoms with Gasteiger partial charge in [-0.2, -0.15) is 0 Å². The van der Waals surface area contributed by atoms with Crippen molar-refractivity contribution >= 4 is 22.7 Å². The SMILES string of the molecule is COc1cccc(CN2C(=O)c3cc4ccccc4n3CC2(C)C(=O)NC2CCCC2)c1. The van der Waals surface area contributed by atoms with Crippen LogP contribution in [-0.4, -0.2) is 40.0 Å². The number of benzene rings is 2. The van der Waals surface area contributed by atoms with Gasteiger partial charge >= 0.3 is 0 Å². The molecule has 32 heavy (non-hydrogen) atoms. The Bertz CT molecular complexity index is 1180. The maximum Gasteiger partial charge on any atom is 0.271 e. The first-order chi connectivity index (χ1) is 15.5. The van der Waals surface area contributed by atoms with Gasteiger partial charge in [-0.05, 0) is 49.6 Å². The Labute approximate surface area is 188 Å². The molecule has 1 N–H and O–H groups in total. The molecule has 6 nitrogen and oxygen atoms in total. The number of hydrogen-bond acceptors (Lipinski definition) is 3. The number of hydrogen-bond donors (Lipinski definition) is 1. The van der Waals surface area contributed by atoms with Gasteiger partial charge in [0.15, 0.2) is 0 Å². The lowest BCUT2D eigenvalue weighted by molar-refractivity contribution is -0.133. The molecule has 1 aliphatic carbocycles. The average Bonchev–Trinajstić information content (AvgIpc) is 3.45. The minimum absolute atomic E-state index is 0.0796. The van der Waals surface area contributed by atoms with Crippen molar-refractivity contribution in [3.05, 3.63) is 65.9 Å². The molecule has 166 valence electrons. The molecule has 2 heterocycles. The van der Waals surface area contributed by atoms with E-state index < -0.39 is 5.54 Å². The summed E-state index contributed by atoms with van der Waals surface area (Å²) in [5.41, 5.74) is 1.54. The van der Waals surface area contributed by atoms with Crippen LogP contribution in [-0.2, 0) is 17.9 Å². The number of methoxy groups -OCH3 is 1. The van der Waals surface area contributed by atoms with Crippen LogP contribution in [0.2, 0.25) is 0 Å². The fourth-order valence-electron chi connectivity index (χ4n) is 5.12. The largest absolute Gasteiger partial charge is 0.497 e. The zero-order valence-electron chi connectivity index (χ0n) is 18.6. The Kier molecular flexibility index (Phi) is 5.16. The lowest BCUT2D eigenvalue weighted by atomic mass is 9.93. The van der Waals surface area contributed by atoms with Gasteiger partial charge in [0.2, 0.25) is 5.91 Å². The number of fused-ring (bicyclic) bond motifs is 3. The summed E-state index contributed by atoms with van der Waals surface area (Å²) < 4.78 is 7.38. The van der Waals surface area contributed by atoms with E-state index in [1.54, 1.807) is 12.0 Å². The monoisotopic (exact) mass is 431 g/mol. The van der Waals surface area contributed by atoms with E-state index in [1.165, 1.54) is 0 Å². The van der Waals surface area contributed by atoms with Gasteiger partial charge < -0.3 is 19.5 Å². The summed E-state index contributed by atoms with van der Waals surface area (Å²) in [6, 6.07) is 17.8. The molecule has 0 saturated heterocycles. The highest BCUT2D eigenvalue weighted by Gasteiger charge is 2.48. The van der Waals surface area contributed by atoms with Crippen LogP contribution in [0.25, 0.3) is 10.9 Å². The van der Waals surface area contributed by atoms with Gasteiger partial charge in [-0.15, -0.1) is 0 Å². The van der Waals surface area contributed by atoms with Crippen molar-refractivity contribution in [2.45, 2.75) is 57.3 Å². The van der Waals surface area contributed by atoms with Gasteiger partial charge in [0.05, 0.1) is 13.7 Å². The van der Waals surface area contributed by atoms with Crippen molar-refractivity contribution in [3.8, 4) is 5.75 Å². The Balaban J connectivity index is 1.56. The topological polar surface area (TPSA) is 63.6 Å². The third-order valence-electron chi connectivity index (χ3n) is 6.99. The molecule has 0 bridgehead atoms. The third-order valence-corrected chi connectivity index (χ3v) is 6.99. The van der Waals surface area contributed by atoms with Crippen LogP contribution in [0.1, 0.15) is 48.7 Å². The lowest BCUT2D eigenvalue weighted by Gasteiger charge is -2.44. The average molecular weight is 432 g/mol. The van der Waals surface area contributed by atoms with Gasteiger partial charge in [-0.3, -0.25) is 9.59 Å². The smallest absolute Gasteiger partial charge is 0.271 e. The molecule has 1 aliphatic heterocycles. The van der Waals surface area contributed by atoms with E-state index in [4.69, 9.17) is 4.74 Å². The van der Waals surface area contributed by atoms with E-state index in [1.807, 2.05) is 66.1 Å². The minimum Gasteiger partial charge on any atom is -0.497 e. The molecule has 1 fully saturated rings. The summed E-state index contributed by atoms with van der Waals surface area (Å²) in [7, 11) is 1.63. The highest BCUT2D eigenvalue weighted by molar-refractivity contribution is 6.03. The fourth-order valence-corrected chi connectivity index (χ4v) is 5.12. The quantitative estimate of drug-likeness (QED) is 0.661. The molecule has 3 aromatic rings. The number of ether oxygens (including phenoxy) is 1. The summed E-state index contributed by atoms with van der Waals surface area (Å²) in [5.74, 6) is 0.529. The van der Waals surface area contributed by atoms with Crippen molar-refractivity contribution in [1.82, 2.24) is 14.8 Å². The summed E-state index contributed by atoms with van der Waals surface area (Å²) in [5, 5.41) is 4.26. The van der Waals surface area contributed by atoms with Crippen LogP contribution in [0, 0.1) is 0 Å². The van der Waals surface area contributed by atoms with Crippen LogP contribution >= 0.6 is 0 Å². The third kappa shape index (κ3) is 3.44. The van der Waals surface area contributed by atoms with Crippen molar-refractivity contribution in [3.63, 3.8) is 0 Å². The van der Waals surface area contributed by atoms with Crippen molar-refractivity contribution in [1.29, 1.82) is 0 Å². The number of carbonyl (C=O) groups is 2. The van der Waals surface area contributed by atoms with Gasteiger partial charge in [0.25, 0.3) is 5.91 Å². The molecule has 1 saturated carbocycles. The summed E-state index contributed by atoms with van der Waals surface area (Å²) in [6.45, 7) is 2.66. The van der Waals surface area contributed by atoms with E-state index in [2.05, 4.69) is 5.32 Å². The van der Waals surface area contributed by atoms with Crippen molar-refractivity contribution in [2.24, 2.45) is 0 Å². The van der Waals surface area contributed by atoms with E-state index in [0.717, 1.165) is 47.9 Å². The molecule has 2 aliphatic rings. The second-order valence-electron chi connectivity index (χ2n) is 9.15.